The first-order valence-electron chi connectivity index (χ1n) is 7.32. The highest BCUT2D eigenvalue weighted by Gasteiger charge is 2.56. The lowest BCUT2D eigenvalue weighted by atomic mass is 9.60. The molecule has 0 aromatic carbocycles. The fraction of sp³-hybridized carbons (Fsp3) is 0.933. The molecule has 102 valence electrons. The lowest BCUT2D eigenvalue weighted by Crippen LogP contribution is -2.67. The van der Waals surface area contributed by atoms with E-state index in [2.05, 4.69) is 4.90 Å². The predicted octanol–water partition coefficient (Wildman–Crippen LogP) is 2.12. The van der Waals surface area contributed by atoms with Crippen LogP contribution in [0.25, 0.3) is 0 Å². The molecule has 18 heavy (non-hydrogen) atoms. The van der Waals surface area contributed by atoms with Gasteiger partial charge in [0.1, 0.15) is 0 Å². The third-order valence-corrected chi connectivity index (χ3v) is 4.99. The summed E-state index contributed by atoms with van der Waals surface area (Å²) in [7, 11) is 1.99. The van der Waals surface area contributed by atoms with Crippen LogP contribution in [-0.2, 0) is 4.79 Å². The molecule has 0 aromatic rings. The van der Waals surface area contributed by atoms with Gasteiger partial charge >= 0.3 is 0 Å². The topological polar surface area (TPSA) is 23.6 Å². The molecule has 1 heterocycles. The molecule has 1 saturated heterocycles. The van der Waals surface area contributed by atoms with Crippen LogP contribution in [0.5, 0.6) is 0 Å². The lowest BCUT2D eigenvalue weighted by Gasteiger charge is -2.61. The largest absolute Gasteiger partial charge is 0.342 e. The van der Waals surface area contributed by atoms with Crippen LogP contribution in [-0.4, -0.2) is 47.9 Å². The fourth-order valence-corrected chi connectivity index (χ4v) is 3.68. The van der Waals surface area contributed by atoms with Crippen LogP contribution in [0.4, 0.5) is 0 Å². The zero-order valence-electron chi connectivity index (χ0n) is 12.2. The fourth-order valence-electron chi connectivity index (χ4n) is 3.68. The Morgan fingerprint density at radius 3 is 2.22 bits per heavy atom. The Morgan fingerprint density at radius 2 is 1.78 bits per heavy atom. The van der Waals surface area contributed by atoms with E-state index in [1.165, 1.54) is 38.8 Å². The molecular weight excluding hydrogens is 224 g/mol. The van der Waals surface area contributed by atoms with Crippen molar-refractivity contribution in [3.63, 3.8) is 0 Å². The van der Waals surface area contributed by atoms with E-state index in [1.807, 2.05) is 32.7 Å². The molecule has 2 aliphatic carbocycles. The van der Waals surface area contributed by atoms with Gasteiger partial charge in [0, 0.05) is 37.6 Å². The van der Waals surface area contributed by atoms with E-state index in [0.29, 0.717) is 17.4 Å². The van der Waals surface area contributed by atoms with Gasteiger partial charge in [0.2, 0.25) is 5.91 Å². The molecule has 0 atom stereocenters. The monoisotopic (exact) mass is 250 g/mol. The van der Waals surface area contributed by atoms with Gasteiger partial charge in [-0.05, 0) is 31.1 Å². The van der Waals surface area contributed by atoms with Gasteiger partial charge in [-0.15, -0.1) is 0 Å². The zero-order valence-corrected chi connectivity index (χ0v) is 12.2. The molecule has 0 bridgehead atoms. The highest BCUT2D eigenvalue weighted by Crippen LogP contribution is 2.52. The highest BCUT2D eigenvalue weighted by molar-refractivity contribution is 5.81. The number of nitrogens with zero attached hydrogens (tertiary/aromatic N) is 2. The number of likely N-dealkylation sites (tertiary alicyclic amines) is 1. The Kier molecular flexibility index (Phi) is 2.58. The first-order valence-corrected chi connectivity index (χ1v) is 7.32. The normalized spacial score (nSPS) is 27.8. The van der Waals surface area contributed by atoms with Crippen molar-refractivity contribution in [3.05, 3.63) is 0 Å². The number of hydrogen-bond donors (Lipinski definition) is 0. The highest BCUT2D eigenvalue weighted by atomic mass is 16.2. The zero-order chi connectivity index (χ0) is 13.1. The van der Waals surface area contributed by atoms with E-state index in [4.69, 9.17) is 0 Å². The molecule has 1 spiro atoms. The summed E-state index contributed by atoms with van der Waals surface area (Å²) in [6.45, 7) is 8.63. The van der Waals surface area contributed by atoms with Gasteiger partial charge in [-0.2, -0.15) is 0 Å². The van der Waals surface area contributed by atoms with E-state index in [-0.39, 0.29) is 5.41 Å². The second kappa shape index (κ2) is 3.72. The van der Waals surface area contributed by atoms with Gasteiger partial charge in [0.15, 0.2) is 0 Å². The molecule has 3 aliphatic rings. The van der Waals surface area contributed by atoms with Gasteiger partial charge in [0.05, 0.1) is 0 Å². The first kappa shape index (κ1) is 12.5. The Balaban J connectivity index is 1.49. The summed E-state index contributed by atoms with van der Waals surface area (Å²) in [6, 6.07) is 1.42. The molecule has 0 radical (unpaired) electrons. The van der Waals surface area contributed by atoms with Crippen molar-refractivity contribution in [1.82, 2.24) is 9.80 Å². The first-order chi connectivity index (χ1) is 8.31. The van der Waals surface area contributed by atoms with Crippen molar-refractivity contribution >= 4 is 5.91 Å². The Hall–Kier alpha value is -0.570. The number of rotatable bonds is 2. The second-order valence-electron chi connectivity index (χ2n) is 7.86. The van der Waals surface area contributed by atoms with Crippen LogP contribution in [0.15, 0.2) is 0 Å². The molecule has 3 rings (SSSR count). The third kappa shape index (κ3) is 1.97. The van der Waals surface area contributed by atoms with Gasteiger partial charge < -0.3 is 4.90 Å². The van der Waals surface area contributed by atoms with Crippen molar-refractivity contribution in [2.24, 2.45) is 10.8 Å². The van der Waals surface area contributed by atoms with Crippen molar-refractivity contribution < 1.29 is 4.79 Å². The number of carbonyl (C=O) groups is 1. The molecule has 1 aliphatic heterocycles. The van der Waals surface area contributed by atoms with Gasteiger partial charge in [-0.3, -0.25) is 9.69 Å². The lowest BCUT2D eigenvalue weighted by molar-refractivity contribution is -0.153. The predicted molar refractivity (Wildman–Crippen MR) is 72.3 cm³/mol. The number of hydrogen-bond acceptors (Lipinski definition) is 2. The third-order valence-electron chi connectivity index (χ3n) is 4.99. The van der Waals surface area contributed by atoms with Crippen LogP contribution in [0.2, 0.25) is 0 Å². The van der Waals surface area contributed by atoms with Crippen LogP contribution < -0.4 is 0 Å². The summed E-state index contributed by atoms with van der Waals surface area (Å²) in [5.41, 5.74) is 0.344. The molecule has 3 nitrogen and oxygen atoms in total. The van der Waals surface area contributed by atoms with Crippen molar-refractivity contribution in [2.75, 3.05) is 20.1 Å². The average molecular weight is 250 g/mol. The van der Waals surface area contributed by atoms with Crippen molar-refractivity contribution in [3.8, 4) is 0 Å². The molecule has 2 saturated carbocycles. The van der Waals surface area contributed by atoms with E-state index in [1.54, 1.807) is 0 Å². The van der Waals surface area contributed by atoms with Crippen molar-refractivity contribution in [1.29, 1.82) is 0 Å². The SMILES string of the molecule is CN(C(=O)C(C)(C)C)C1CC2(C1)CN(C1CC1)C2. The average Bonchev–Trinajstić information content (AvgIpc) is 2.94. The Morgan fingerprint density at radius 1 is 1.22 bits per heavy atom. The van der Waals surface area contributed by atoms with Gasteiger partial charge in [0.25, 0.3) is 0 Å². The van der Waals surface area contributed by atoms with Crippen LogP contribution in [0, 0.1) is 10.8 Å². The Labute approximate surface area is 111 Å². The van der Waals surface area contributed by atoms with Crippen LogP contribution in [0.3, 0.4) is 0 Å². The van der Waals surface area contributed by atoms with E-state index >= 15 is 0 Å². The molecule has 3 heteroatoms. The molecule has 1 amide bonds. The maximum atomic E-state index is 12.2. The molecular formula is C15H26N2O. The summed E-state index contributed by atoms with van der Waals surface area (Å²) < 4.78 is 0. The minimum atomic E-state index is -0.239. The smallest absolute Gasteiger partial charge is 0.227 e. The Bertz CT molecular complexity index is 353. The minimum absolute atomic E-state index is 0.239. The summed E-state index contributed by atoms with van der Waals surface area (Å²) in [6.07, 6.45) is 5.30. The van der Waals surface area contributed by atoms with Crippen LogP contribution in [0.1, 0.15) is 46.5 Å². The summed E-state index contributed by atoms with van der Waals surface area (Å²) in [5.74, 6) is 0.292. The molecule has 0 N–H and O–H groups in total. The van der Waals surface area contributed by atoms with Gasteiger partial charge in [-0.25, -0.2) is 0 Å². The van der Waals surface area contributed by atoms with Crippen molar-refractivity contribution in [2.45, 2.75) is 58.5 Å². The van der Waals surface area contributed by atoms with E-state index < -0.39 is 0 Å². The van der Waals surface area contributed by atoms with Gasteiger partial charge in [-0.1, -0.05) is 20.8 Å². The molecule has 3 fully saturated rings. The summed E-state index contributed by atoms with van der Waals surface area (Å²) in [5, 5.41) is 0. The van der Waals surface area contributed by atoms with E-state index in [9.17, 15) is 4.79 Å². The number of amides is 1. The molecule has 0 unspecified atom stereocenters. The van der Waals surface area contributed by atoms with E-state index in [0.717, 1.165) is 6.04 Å². The summed E-state index contributed by atoms with van der Waals surface area (Å²) >= 11 is 0. The van der Waals surface area contributed by atoms with Crippen LogP contribution >= 0.6 is 0 Å². The minimum Gasteiger partial charge on any atom is -0.342 e. The maximum Gasteiger partial charge on any atom is 0.227 e. The second-order valence-corrected chi connectivity index (χ2v) is 7.86. The summed E-state index contributed by atoms with van der Waals surface area (Å²) in [4.78, 5) is 16.9. The quantitative estimate of drug-likeness (QED) is 0.749. The maximum absolute atomic E-state index is 12.2. The standard InChI is InChI=1S/C15H26N2O/c1-14(2,3)13(18)16(4)12-7-15(8-12)9-17(10-15)11-5-6-11/h11-12H,5-10H2,1-4H3. The number of carbonyl (C=O) groups excluding carboxylic acids is 1. The molecule has 0 aromatic heterocycles.